The van der Waals surface area contributed by atoms with Crippen LogP contribution in [0, 0.1) is 84.1 Å². The molecule has 14 N–H and O–H groups in total. The number of hydrazone groups is 1. The minimum absolute atomic E-state index is 0.00425. The van der Waals surface area contributed by atoms with Crippen molar-refractivity contribution in [2.24, 2.45) is 58.3 Å². The molecule has 0 radical (unpaired) electrons. The Balaban J connectivity index is 0.000000288. The number of aldehydes is 1. The summed E-state index contributed by atoms with van der Waals surface area (Å²) in [6.45, 7) is 46.7. The third kappa shape index (κ3) is 24.7. The van der Waals surface area contributed by atoms with Gasteiger partial charge in [-0.1, -0.05) is 143 Å². The van der Waals surface area contributed by atoms with E-state index >= 15 is 0 Å². The summed E-state index contributed by atoms with van der Waals surface area (Å²) in [5.74, 6) is -5.10. The van der Waals surface area contributed by atoms with E-state index in [-0.39, 0.29) is 73.2 Å². The van der Waals surface area contributed by atoms with Crippen molar-refractivity contribution in [2.45, 2.75) is 210 Å². The molecule has 0 saturated carbocycles. The number of likely N-dealkylation sites (N-methyl/N-ethyl adjacent to an activating group) is 2. The van der Waals surface area contributed by atoms with Crippen molar-refractivity contribution in [1.82, 2.24) is 10.0 Å². The number of ketones is 2. The van der Waals surface area contributed by atoms with Crippen LogP contribution >= 0.6 is 0 Å². The molecule has 18 atom stereocenters. The number of allylic oxidation sites excluding steroid dienone is 4. The quantitative estimate of drug-likeness (QED) is 0.00852. The Kier molecular flexibility index (Phi) is 35.5. The van der Waals surface area contributed by atoms with Crippen molar-refractivity contribution >= 4 is 96.9 Å². The summed E-state index contributed by atoms with van der Waals surface area (Å²) >= 11 is 0. The lowest BCUT2D eigenvalue weighted by molar-refractivity contribution is -0.907. The largest absolute Gasteiger partial charge is 0.507 e. The van der Waals surface area contributed by atoms with E-state index in [1.54, 1.807) is 73.6 Å². The second kappa shape index (κ2) is 43.8. The number of carbonyl (C=O) groups is 7. The fraction of sp³-hybridized carbons (Fsp3) is 0.551. The van der Waals surface area contributed by atoms with Crippen LogP contribution in [0.3, 0.4) is 0 Å². The highest BCUT2D eigenvalue weighted by Crippen LogP contribution is 2.57. The molecule has 2 fully saturated rings. The summed E-state index contributed by atoms with van der Waals surface area (Å²) in [7, 11) is 4.55. The van der Waals surface area contributed by atoms with E-state index in [9.17, 15) is 84.6 Å². The number of aliphatic hydroxyl groups excluding tert-OH is 4. The number of methoxy groups -OCH3 is 2. The van der Waals surface area contributed by atoms with E-state index in [2.05, 4.69) is 86.9 Å². The van der Waals surface area contributed by atoms with Crippen molar-refractivity contribution in [3.63, 3.8) is 0 Å². The number of carbonyl (C=O) groups excluding carboxylic acids is 7. The van der Waals surface area contributed by atoms with Crippen molar-refractivity contribution in [1.29, 1.82) is 0 Å². The number of aliphatic hydroxyl groups is 4. The first-order valence-electron chi connectivity index (χ1n) is 45.0. The van der Waals surface area contributed by atoms with Crippen LogP contribution in [0.15, 0.2) is 77.4 Å². The van der Waals surface area contributed by atoms with Crippen LogP contribution in [-0.2, 0) is 47.6 Å². The van der Waals surface area contributed by atoms with E-state index in [0.717, 1.165) is 61.0 Å². The molecule has 12 rings (SSSR count). The number of amides is 2. The molecule has 728 valence electrons. The molecule has 4 aromatic carbocycles. The maximum Gasteiger partial charge on any atom is 0.312 e. The predicted molar refractivity (Wildman–Crippen MR) is 512 cm³/mol. The molecule has 133 heavy (non-hydrogen) atoms. The van der Waals surface area contributed by atoms with Gasteiger partial charge in [0, 0.05) is 122 Å². The van der Waals surface area contributed by atoms with Gasteiger partial charge < -0.3 is 109 Å². The number of ether oxygens (including phenoxy) is 8. The van der Waals surface area contributed by atoms with Crippen molar-refractivity contribution in [2.75, 3.05) is 104 Å². The van der Waals surface area contributed by atoms with Gasteiger partial charge >= 0.3 is 23.5 Å². The number of phenols is 6. The van der Waals surface area contributed by atoms with Crippen LogP contribution in [0.25, 0.3) is 21.5 Å². The number of piperazine rings is 2. The van der Waals surface area contributed by atoms with E-state index < -0.39 is 216 Å². The van der Waals surface area contributed by atoms with Gasteiger partial charge in [0.25, 0.3) is 23.4 Å². The van der Waals surface area contributed by atoms with E-state index in [4.69, 9.17) is 48.8 Å². The van der Waals surface area contributed by atoms with Crippen molar-refractivity contribution < 1.29 is 131 Å². The first kappa shape index (κ1) is 108. The topological polar surface area (TPSA) is 465 Å². The smallest absolute Gasteiger partial charge is 0.312 e. The SMILES string of the molecule is CO[C@H]1/C=C/O[C@@]2(C)Oc3c(C)c(O)c4c(O)c(c(/C=N/N5CC[N+](C)(CC#C[Si](C)(C)C)CC5)c(O)c4c3C2=O)NC(=O)/C(C)=C\C=C\[C@H](C)[C@H](O)[C@@H](C)[C@@H](O)[C@@H](C)[C@H](OC(C)=O)[C@@H]1C.CO[C@H]1/C=C/O[C@@]2(C)Oc3c(C)c(O)c4c(O)c(c(C=O)c(O)c4c3C2=O)NC(=O)/C(C)=C\C=C\[C@H](C)[C@H](O)[C@@H](C)[C@@H](O)[C@@H](C)[C@H](OC(C)=O)[C@@H]1C.C[N+]1(CC#C[Si](C)(C)C)CCN(N)CC1. The highest BCUT2D eigenvalue weighted by molar-refractivity contribution is 6.84. The number of anilines is 2. The fourth-order valence-corrected chi connectivity index (χ4v) is 18.4. The maximum absolute atomic E-state index is 14.6. The van der Waals surface area contributed by atoms with Crippen LogP contribution in [0.1, 0.15) is 145 Å². The number of quaternary nitrogens is 2. The third-order valence-electron chi connectivity index (χ3n) is 26.0. The zero-order valence-electron chi connectivity index (χ0n) is 81.6. The minimum Gasteiger partial charge on any atom is -0.507 e. The number of esters is 2. The molecule has 4 aromatic rings. The van der Waals surface area contributed by atoms with Crippen LogP contribution in [0.4, 0.5) is 11.4 Å². The molecule has 0 unspecified atom stereocenters. The third-order valence-corrected chi connectivity index (χ3v) is 27.9. The molecule has 0 aromatic heterocycles. The summed E-state index contributed by atoms with van der Waals surface area (Å²) in [5.41, 5.74) is 5.23. The number of fused-ring (bicyclic) bond motifs is 28. The number of Topliss-reactive ketones (excluding diaryl/α,β-unsaturated/α-hetero) is 2. The van der Waals surface area contributed by atoms with Crippen LogP contribution in [0.5, 0.6) is 46.0 Å². The van der Waals surface area contributed by atoms with Gasteiger partial charge in [0.15, 0.2) is 17.8 Å². The van der Waals surface area contributed by atoms with Gasteiger partial charge in [0.05, 0.1) is 166 Å². The predicted octanol–water partition coefficient (Wildman–Crippen LogP) is 10.8. The standard InChI is InChI=1S/C49H68N4O12Si.C38H47NO13.C11H24N3Si/c1-27-16-14-17-28(2)48(61)51-39-34(26-50-52-19-22-53(9,23-20-52)21-15-25-66(11,12)13)43(58)36-37(44(39)59)42(57)32(6)46-38(36)47(60)49(8,65-46)63-24-18-35(62-10)29(3)45(64-33(7)54)31(5)41(56)30(4)40(27)55;1-16-11-10-12-17(2)37(48)39-28-23(15-40)32(45)25-26(33(28)46)31(44)21(6)35-27(25)36(47)38(8,52-35)50-14-13-24(49-9)18(3)34(51-22(7)41)20(5)30(43)19(4)29(16)42;1-14(8-5-11-15(2,3)4)9-6-13(12)7-10-14/h14,16-18,24,26-27,29-31,35,40-41,45,55-56H,19-23H2,1-13H3,(H3-,50,51,57,58,59,60,61);10-16,18-20,24,29-30,34,42-46H,1-9H3,(H,39,48);6-10,12H2,1-4H3/q;;+1/p+1/b16-14+,24-18+,28-17-;11-10+,14-13+,17-12-;/t27-,29+,30+,31+,35-,40-,41+,45+,49-;16-,18+,19+,20+,24-,29-,30+,34+,38-;/m00./s1. The number of hydrazine groups is 1. The van der Waals surface area contributed by atoms with Crippen molar-refractivity contribution in [3.05, 3.63) is 106 Å². The number of phenolic OH excluding ortho intramolecular Hbond substituents is 6. The summed E-state index contributed by atoms with van der Waals surface area (Å²) in [4.78, 5) is 92.7. The van der Waals surface area contributed by atoms with Crippen molar-refractivity contribution in [3.8, 4) is 68.9 Å². The molecule has 33 nitrogen and oxygen atoms in total. The molecule has 35 heteroatoms. The Morgan fingerprint density at radius 3 is 1.23 bits per heavy atom. The number of nitrogens with one attached hydrogen (secondary N) is 2. The minimum atomic E-state index is -2.08. The number of rotatable bonds is 9. The highest BCUT2D eigenvalue weighted by Gasteiger charge is 2.53. The van der Waals surface area contributed by atoms with Gasteiger partial charge in [-0.15, -0.1) is 11.1 Å². The Labute approximate surface area is 782 Å². The van der Waals surface area contributed by atoms with Gasteiger partial charge in [-0.3, -0.25) is 44.4 Å². The second-order valence-electron chi connectivity index (χ2n) is 39.1. The normalized spacial score (nSPS) is 30.2. The van der Waals surface area contributed by atoms with E-state index in [1.165, 1.54) is 112 Å². The van der Waals surface area contributed by atoms with E-state index in [0.29, 0.717) is 19.6 Å². The van der Waals surface area contributed by atoms with Gasteiger partial charge in [0.1, 0.15) is 75.9 Å². The second-order valence-corrected chi connectivity index (χ2v) is 48.6. The summed E-state index contributed by atoms with van der Waals surface area (Å²) < 4.78 is 48.7. The Morgan fingerprint density at radius 1 is 0.534 bits per heavy atom. The summed E-state index contributed by atoms with van der Waals surface area (Å²) in [6, 6.07) is 0. The first-order chi connectivity index (χ1) is 61.9. The molecule has 0 spiro atoms. The molecule has 8 aliphatic heterocycles. The number of nitrogens with two attached hydrogens (primary N) is 1. The summed E-state index contributed by atoms with van der Waals surface area (Å²) in [6.07, 6.45) is 8.29. The van der Waals surface area contributed by atoms with E-state index in [1.807, 2.05) is 10.0 Å². The average molecular weight is 1890 g/mol. The Hall–Kier alpha value is -10.6. The molecule has 2 amide bonds. The highest BCUT2D eigenvalue weighted by atomic mass is 28.3. The molecule has 2 saturated heterocycles. The maximum atomic E-state index is 14.6. The van der Waals surface area contributed by atoms with Gasteiger partial charge in [-0.25, -0.2) is 5.01 Å². The summed E-state index contributed by atoms with van der Waals surface area (Å²) in [5, 5.41) is 128. The molecule has 8 heterocycles. The molecule has 0 aliphatic carbocycles. The fourth-order valence-electron chi connectivity index (χ4n) is 17.2. The Bertz CT molecular complexity index is 5400. The lowest BCUT2D eigenvalue weighted by Crippen LogP contribution is -2.58. The number of aromatic hydroxyl groups is 6. The lowest BCUT2D eigenvalue weighted by Gasteiger charge is -2.39. The van der Waals surface area contributed by atoms with Gasteiger partial charge in [0.2, 0.25) is 0 Å². The average Bonchev–Trinajstić information content (AvgIpc) is 1.22. The van der Waals surface area contributed by atoms with Crippen LogP contribution in [-0.4, -0.2) is 288 Å². The number of benzene rings is 4. The number of hydrogen-bond acceptors (Lipinski definition) is 29. The molecule has 10 bridgehead atoms. The number of hydrogen-bond donors (Lipinski definition) is 13. The zero-order valence-corrected chi connectivity index (χ0v) is 83.6. The lowest BCUT2D eigenvalue weighted by atomic mass is 9.78. The monoisotopic (exact) mass is 1880 g/mol. The van der Waals surface area contributed by atoms with Crippen LogP contribution in [0.2, 0.25) is 39.3 Å². The van der Waals surface area contributed by atoms with Gasteiger partial charge in [-0.2, -0.15) is 5.10 Å². The van der Waals surface area contributed by atoms with Crippen LogP contribution < -0.4 is 25.9 Å². The molecular weight excluding hydrogens is 1750 g/mol. The zero-order chi connectivity index (χ0) is 99.7. The first-order valence-corrected chi connectivity index (χ1v) is 52.0. The Morgan fingerprint density at radius 2 is 0.887 bits per heavy atom. The van der Waals surface area contributed by atoms with Gasteiger partial charge in [-0.05, 0) is 39.8 Å². The molecule has 8 aliphatic rings. The molecular formula is C98H140N8O25Si2+2. The number of nitrogens with zero attached hydrogens (tertiary/aromatic N) is 5.